The highest BCUT2D eigenvalue weighted by molar-refractivity contribution is 5.87. The van der Waals surface area contributed by atoms with Crippen LogP contribution in [0, 0.1) is 0 Å². The largest absolute Gasteiger partial charge is 0.466 e. The Morgan fingerprint density at radius 1 is 1.40 bits per heavy atom. The second kappa shape index (κ2) is 4.30. The molecule has 78 valence electrons. The highest BCUT2D eigenvalue weighted by atomic mass is 16.5. The Kier molecular flexibility index (Phi) is 2.86. The van der Waals surface area contributed by atoms with Crippen molar-refractivity contribution in [2.24, 2.45) is 0 Å². The van der Waals surface area contributed by atoms with Gasteiger partial charge in [-0.25, -0.2) is 4.79 Å². The van der Waals surface area contributed by atoms with Gasteiger partial charge in [-0.2, -0.15) is 0 Å². The number of rotatable bonds is 3. The lowest BCUT2D eigenvalue weighted by atomic mass is 10.0. The second-order valence-corrected chi connectivity index (χ2v) is 3.76. The van der Waals surface area contributed by atoms with Gasteiger partial charge in [-0.15, -0.1) is 0 Å². The summed E-state index contributed by atoms with van der Waals surface area (Å²) in [5.41, 5.74) is 2.48. The molecule has 0 radical (unpaired) electrons. The molecule has 0 heterocycles. The fourth-order valence-corrected chi connectivity index (χ4v) is 1.65. The Morgan fingerprint density at radius 2 is 2.13 bits per heavy atom. The summed E-state index contributed by atoms with van der Waals surface area (Å²) in [5, 5.41) is 0. The molecule has 1 fully saturated rings. The third kappa shape index (κ3) is 2.46. The molecule has 0 aliphatic heterocycles. The highest BCUT2D eigenvalue weighted by Crippen LogP contribution is 2.41. The number of carbonyl (C=O) groups is 1. The van der Waals surface area contributed by atoms with E-state index in [4.69, 9.17) is 0 Å². The molecule has 0 N–H and O–H groups in total. The van der Waals surface area contributed by atoms with Gasteiger partial charge in [0.15, 0.2) is 0 Å². The van der Waals surface area contributed by atoms with Crippen LogP contribution in [0.25, 0.3) is 6.08 Å². The van der Waals surface area contributed by atoms with Gasteiger partial charge in [0.1, 0.15) is 0 Å². The zero-order valence-corrected chi connectivity index (χ0v) is 8.77. The van der Waals surface area contributed by atoms with Crippen LogP contribution in [0.15, 0.2) is 30.3 Å². The molecule has 1 aromatic carbocycles. The number of carbonyl (C=O) groups excluding carboxylic acids is 1. The third-order valence-corrected chi connectivity index (χ3v) is 2.61. The SMILES string of the molecule is COC(=O)/C=C/c1ccccc1C1CC1. The first-order valence-corrected chi connectivity index (χ1v) is 5.16. The molecule has 2 rings (SSSR count). The highest BCUT2D eigenvalue weighted by Gasteiger charge is 2.24. The van der Waals surface area contributed by atoms with Crippen LogP contribution in [0.1, 0.15) is 29.9 Å². The molecule has 1 aromatic rings. The van der Waals surface area contributed by atoms with Crippen LogP contribution in [0.5, 0.6) is 0 Å². The van der Waals surface area contributed by atoms with E-state index in [0.29, 0.717) is 5.92 Å². The number of benzene rings is 1. The van der Waals surface area contributed by atoms with Gasteiger partial charge in [0.2, 0.25) is 0 Å². The van der Waals surface area contributed by atoms with Crippen LogP contribution in [0.4, 0.5) is 0 Å². The fraction of sp³-hybridized carbons (Fsp3) is 0.308. The maximum atomic E-state index is 11.0. The molecule has 1 saturated carbocycles. The number of esters is 1. The van der Waals surface area contributed by atoms with Crippen molar-refractivity contribution in [2.45, 2.75) is 18.8 Å². The van der Waals surface area contributed by atoms with Crippen LogP contribution >= 0.6 is 0 Å². The van der Waals surface area contributed by atoms with Crippen LogP contribution in [0.3, 0.4) is 0 Å². The normalized spacial score (nSPS) is 15.5. The Labute approximate surface area is 89.6 Å². The summed E-state index contributed by atoms with van der Waals surface area (Å²) in [6.07, 6.45) is 5.84. The van der Waals surface area contributed by atoms with Gasteiger partial charge in [-0.3, -0.25) is 0 Å². The summed E-state index contributed by atoms with van der Waals surface area (Å²) < 4.78 is 4.56. The maximum absolute atomic E-state index is 11.0. The van der Waals surface area contributed by atoms with Crippen molar-refractivity contribution in [3.05, 3.63) is 41.5 Å². The summed E-state index contributed by atoms with van der Waals surface area (Å²) in [6.45, 7) is 0. The van der Waals surface area contributed by atoms with Gasteiger partial charge in [0, 0.05) is 6.08 Å². The van der Waals surface area contributed by atoms with Crippen LogP contribution in [-0.4, -0.2) is 13.1 Å². The van der Waals surface area contributed by atoms with Crippen molar-refractivity contribution >= 4 is 12.0 Å². The average Bonchev–Trinajstić information content (AvgIpc) is 3.10. The lowest BCUT2D eigenvalue weighted by Crippen LogP contribution is -1.94. The molecule has 0 unspecified atom stereocenters. The van der Waals surface area contributed by atoms with Gasteiger partial charge in [0.25, 0.3) is 0 Å². The fourth-order valence-electron chi connectivity index (χ4n) is 1.65. The Bertz CT molecular complexity index is 389. The summed E-state index contributed by atoms with van der Waals surface area (Å²) in [6, 6.07) is 8.20. The van der Waals surface area contributed by atoms with E-state index in [9.17, 15) is 4.79 Å². The molecule has 15 heavy (non-hydrogen) atoms. The lowest BCUT2D eigenvalue weighted by Gasteiger charge is -2.02. The molecular weight excluding hydrogens is 188 g/mol. The van der Waals surface area contributed by atoms with E-state index in [1.165, 1.54) is 31.6 Å². The number of methoxy groups -OCH3 is 1. The minimum atomic E-state index is -0.305. The molecule has 2 nitrogen and oxygen atoms in total. The van der Waals surface area contributed by atoms with Crippen molar-refractivity contribution < 1.29 is 9.53 Å². The van der Waals surface area contributed by atoms with Crippen molar-refractivity contribution in [2.75, 3.05) is 7.11 Å². The minimum absolute atomic E-state index is 0.305. The Balaban J connectivity index is 2.19. The molecule has 0 amide bonds. The standard InChI is InChI=1S/C13H14O2/c1-15-13(14)9-8-10-4-2-3-5-12(10)11-6-7-11/h2-5,8-9,11H,6-7H2,1H3/b9-8+. The van der Waals surface area contributed by atoms with Crippen LogP contribution < -0.4 is 0 Å². The number of hydrogen-bond acceptors (Lipinski definition) is 2. The van der Waals surface area contributed by atoms with E-state index in [1.54, 1.807) is 0 Å². The Morgan fingerprint density at radius 3 is 2.80 bits per heavy atom. The Hall–Kier alpha value is -1.57. The van der Waals surface area contributed by atoms with Gasteiger partial charge in [-0.1, -0.05) is 24.3 Å². The number of ether oxygens (including phenoxy) is 1. The molecule has 0 aromatic heterocycles. The molecule has 0 bridgehead atoms. The van der Waals surface area contributed by atoms with Crippen molar-refractivity contribution in [3.63, 3.8) is 0 Å². The monoisotopic (exact) mass is 202 g/mol. The van der Waals surface area contributed by atoms with E-state index < -0.39 is 0 Å². The van der Waals surface area contributed by atoms with E-state index >= 15 is 0 Å². The van der Waals surface area contributed by atoms with Gasteiger partial charge >= 0.3 is 5.97 Å². The van der Waals surface area contributed by atoms with Crippen molar-refractivity contribution in [1.29, 1.82) is 0 Å². The molecule has 1 aliphatic carbocycles. The van der Waals surface area contributed by atoms with Gasteiger partial charge in [0.05, 0.1) is 7.11 Å². The molecule has 0 saturated heterocycles. The smallest absolute Gasteiger partial charge is 0.330 e. The van der Waals surface area contributed by atoms with Crippen LogP contribution in [0.2, 0.25) is 0 Å². The molecule has 2 heteroatoms. The van der Waals surface area contributed by atoms with E-state index in [2.05, 4.69) is 10.8 Å². The minimum Gasteiger partial charge on any atom is -0.466 e. The first-order chi connectivity index (χ1) is 7.31. The summed E-state index contributed by atoms with van der Waals surface area (Å²) in [4.78, 5) is 11.0. The van der Waals surface area contributed by atoms with Crippen LogP contribution in [-0.2, 0) is 9.53 Å². The quantitative estimate of drug-likeness (QED) is 0.556. The molecule has 0 atom stereocenters. The molecule has 1 aliphatic rings. The van der Waals surface area contributed by atoms with Gasteiger partial charge < -0.3 is 4.74 Å². The first kappa shape index (κ1) is 9.97. The average molecular weight is 202 g/mol. The third-order valence-electron chi connectivity index (χ3n) is 2.61. The summed E-state index contributed by atoms with van der Waals surface area (Å²) in [7, 11) is 1.39. The predicted octanol–water partition coefficient (Wildman–Crippen LogP) is 2.75. The summed E-state index contributed by atoms with van der Waals surface area (Å²) in [5.74, 6) is 0.393. The predicted molar refractivity (Wildman–Crippen MR) is 59.5 cm³/mol. The lowest BCUT2D eigenvalue weighted by molar-refractivity contribution is -0.134. The maximum Gasteiger partial charge on any atom is 0.330 e. The van der Waals surface area contributed by atoms with Crippen molar-refractivity contribution in [1.82, 2.24) is 0 Å². The van der Waals surface area contributed by atoms with E-state index in [-0.39, 0.29) is 5.97 Å². The molecule has 0 spiro atoms. The van der Waals surface area contributed by atoms with E-state index in [0.717, 1.165) is 5.56 Å². The first-order valence-electron chi connectivity index (χ1n) is 5.16. The van der Waals surface area contributed by atoms with Gasteiger partial charge in [-0.05, 0) is 36.0 Å². The number of hydrogen-bond donors (Lipinski definition) is 0. The van der Waals surface area contributed by atoms with Crippen molar-refractivity contribution in [3.8, 4) is 0 Å². The second-order valence-electron chi connectivity index (χ2n) is 3.76. The topological polar surface area (TPSA) is 26.3 Å². The summed E-state index contributed by atoms with van der Waals surface area (Å²) >= 11 is 0. The zero-order valence-electron chi connectivity index (χ0n) is 8.77. The molecular formula is C13H14O2. The van der Waals surface area contributed by atoms with E-state index in [1.807, 2.05) is 24.3 Å². The zero-order chi connectivity index (χ0) is 10.7.